The number of amides is 6. The van der Waals surface area contributed by atoms with Crippen molar-refractivity contribution in [2.45, 2.75) is 63.8 Å². The average Bonchev–Trinajstić information content (AvgIpc) is 3.49. The summed E-state index contributed by atoms with van der Waals surface area (Å²) in [5.41, 5.74) is 3.14. The van der Waals surface area contributed by atoms with Gasteiger partial charge in [0, 0.05) is 62.0 Å². The van der Waals surface area contributed by atoms with Crippen LogP contribution in [0.15, 0.2) is 59.8 Å². The molecule has 0 radical (unpaired) electrons. The maximum atomic E-state index is 13.3. The molecule has 0 spiro atoms. The van der Waals surface area contributed by atoms with Crippen LogP contribution < -0.4 is 31.0 Å². The molecule has 2 aliphatic rings. The molecule has 60 heavy (non-hydrogen) atoms. The smallest absolute Gasteiger partial charge is 0.414 e. The zero-order valence-electron chi connectivity index (χ0n) is 33.9. The minimum atomic E-state index is -1.30. The van der Waals surface area contributed by atoms with Crippen LogP contribution in [0.2, 0.25) is 0 Å². The van der Waals surface area contributed by atoms with Gasteiger partial charge in [-0.1, -0.05) is 31.7 Å². The number of imide groups is 3. The number of ether oxygens (including phenoxy) is 2. The summed E-state index contributed by atoms with van der Waals surface area (Å²) in [4.78, 5) is 93.8. The first kappa shape index (κ1) is 43.0. The lowest BCUT2D eigenvalue weighted by atomic mass is 9.98. The molecule has 4 heterocycles. The summed E-state index contributed by atoms with van der Waals surface area (Å²) >= 11 is 0. The first-order chi connectivity index (χ1) is 28.9. The fraction of sp³-hybridized carbons (Fsp3) is 0.395. The predicted octanol–water partition coefficient (Wildman–Crippen LogP) is 4.11. The first-order valence-corrected chi connectivity index (χ1v) is 20.0. The highest BCUT2D eigenvalue weighted by atomic mass is 16.5. The number of fused-ring (bicyclic) bond motifs is 2. The minimum absolute atomic E-state index is 0.0495. The summed E-state index contributed by atoms with van der Waals surface area (Å²) in [5, 5.41) is 19.5. The summed E-state index contributed by atoms with van der Waals surface area (Å²) < 4.78 is 13.0. The Hall–Kier alpha value is -6.62. The SMILES string of the molecule is COc1cc(-c2cn(C)c(=O)c3cnccc23)cc(OC)c1CCNCC(=O)N(CCCCCCCCNc1cccc2c1C(=O)N(C1CCC(=O)NC1=O)C2=O)C(=O)O. The Balaban J connectivity index is 0.914. The number of anilines is 1. The molecule has 1 fully saturated rings. The summed E-state index contributed by atoms with van der Waals surface area (Å²) in [6.45, 7) is 0.801. The largest absolute Gasteiger partial charge is 0.496 e. The van der Waals surface area contributed by atoms with Gasteiger partial charge in [-0.25, -0.2) is 9.69 Å². The van der Waals surface area contributed by atoms with Crippen LogP contribution in [0.5, 0.6) is 11.5 Å². The third-order valence-electron chi connectivity index (χ3n) is 10.9. The minimum Gasteiger partial charge on any atom is -0.496 e. The molecule has 4 N–H and O–H groups in total. The molecule has 17 nitrogen and oxygen atoms in total. The Morgan fingerprint density at radius 1 is 0.917 bits per heavy atom. The highest BCUT2D eigenvalue weighted by Gasteiger charge is 2.45. The quantitative estimate of drug-likeness (QED) is 0.0774. The van der Waals surface area contributed by atoms with E-state index in [1.54, 1.807) is 64.1 Å². The van der Waals surface area contributed by atoms with Crippen molar-refractivity contribution in [2.24, 2.45) is 7.05 Å². The van der Waals surface area contributed by atoms with Gasteiger partial charge in [0.2, 0.25) is 17.7 Å². The van der Waals surface area contributed by atoms with E-state index in [-0.39, 0.29) is 42.6 Å². The van der Waals surface area contributed by atoms with Gasteiger partial charge >= 0.3 is 6.09 Å². The molecule has 0 bridgehead atoms. The van der Waals surface area contributed by atoms with E-state index in [1.807, 2.05) is 12.1 Å². The van der Waals surface area contributed by atoms with Gasteiger partial charge in [-0.05, 0) is 73.5 Å². The molecule has 4 aromatic rings. The number of carbonyl (C=O) groups is 6. The number of rotatable bonds is 19. The Bertz CT molecular complexity index is 2350. The van der Waals surface area contributed by atoms with Gasteiger partial charge < -0.3 is 29.8 Å². The van der Waals surface area contributed by atoms with E-state index in [0.29, 0.717) is 48.5 Å². The van der Waals surface area contributed by atoms with Gasteiger partial charge in [-0.15, -0.1) is 0 Å². The van der Waals surface area contributed by atoms with Crippen LogP contribution >= 0.6 is 0 Å². The number of carbonyl (C=O) groups excluding carboxylic acids is 5. The van der Waals surface area contributed by atoms with E-state index in [1.165, 1.54) is 4.57 Å². The number of piperidine rings is 1. The number of unbranched alkanes of at least 4 members (excludes halogenated alkanes) is 5. The van der Waals surface area contributed by atoms with Crippen molar-refractivity contribution in [3.05, 3.63) is 82.0 Å². The van der Waals surface area contributed by atoms with Crippen molar-refractivity contribution in [3.63, 3.8) is 0 Å². The van der Waals surface area contributed by atoms with Crippen LogP contribution in [0.4, 0.5) is 10.5 Å². The van der Waals surface area contributed by atoms with Crippen LogP contribution in [0.3, 0.4) is 0 Å². The second-order valence-electron chi connectivity index (χ2n) is 14.7. The normalized spacial score (nSPS) is 14.9. The number of benzene rings is 2. The standard InChI is InChI=1S/C43H49N7O10/c1-48-25-31(27-15-18-44-23-30(27)40(48)54)26-21-34(59-2)28(35(22-26)60-3)16-19-45-24-37(52)49(43(57)58)20-9-7-5-4-6-8-17-46-32-12-10-11-29-38(32)42(56)50(41(29)55)33-13-14-36(51)47-39(33)53/h10-12,15,18,21-23,25,33,45-46H,4-9,13-14,16-17,19-20,24H2,1-3H3,(H,57,58)(H,47,51,53). The monoisotopic (exact) mass is 823 g/mol. The summed E-state index contributed by atoms with van der Waals surface area (Å²) in [5.74, 6) is -1.63. The van der Waals surface area contributed by atoms with E-state index >= 15 is 0 Å². The van der Waals surface area contributed by atoms with Crippen molar-refractivity contribution in [1.82, 2.24) is 30.0 Å². The molecule has 2 aromatic carbocycles. The second-order valence-corrected chi connectivity index (χ2v) is 14.7. The van der Waals surface area contributed by atoms with Gasteiger partial charge in [-0.3, -0.25) is 44.0 Å². The van der Waals surface area contributed by atoms with Crippen LogP contribution in [0.1, 0.15) is 77.6 Å². The number of hydrogen-bond donors (Lipinski definition) is 4. The first-order valence-electron chi connectivity index (χ1n) is 20.0. The Morgan fingerprint density at radius 2 is 1.63 bits per heavy atom. The molecule has 316 valence electrons. The number of methoxy groups -OCH3 is 2. The second kappa shape index (κ2) is 19.4. The zero-order chi connectivity index (χ0) is 42.9. The van der Waals surface area contributed by atoms with E-state index in [9.17, 15) is 38.7 Å². The maximum absolute atomic E-state index is 13.3. The third kappa shape index (κ3) is 9.31. The van der Waals surface area contributed by atoms with E-state index in [4.69, 9.17) is 9.47 Å². The summed E-state index contributed by atoms with van der Waals surface area (Å²) in [7, 11) is 4.79. The van der Waals surface area contributed by atoms with Gasteiger partial charge in [0.05, 0.1) is 37.3 Å². The molecule has 6 rings (SSSR count). The topological polar surface area (TPSA) is 219 Å². The number of nitrogens with zero attached hydrogens (tertiary/aromatic N) is 4. The number of aryl methyl sites for hydroxylation is 1. The number of pyridine rings is 2. The Morgan fingerprint density at radius 3 is 2.33 bits per heavy atom. The number of nitrogens with one attached hydrogen (secondary N) is 3. The lowest BCUT2D eigenvalue weighted by molar-refractivity contribution is -0.136. The van der Waals surface area contributed by atoms with Crippen molar-refractivity contribution in [2.75, 3.05) is 45.7 Å². The van der Waals surface area contributed by atoms with Crippen LogP contribution in [-0.4, -0.2) is 107 Å². The molecule has 0 aliphatic carbocycles. The molecule has 1 saturated heterocycles. The van der Waals surface area contributed by atoms with Crippen LogP contribution in [-0.2, 0) is 27.9 Å². The van der Waals surface area contributed by atoms with Crippen molar-refractivity contribution in [3.8, 4) is 22.6 Å². The van der Waals surface area contributed by atoms with Crippen molar-refractivity contribution in [1.29, 1.82) is 0 Å². The summed E-state index contributed by atoms with van der Waals surface area (Å²) in [6.07, 6.45) is 8.82. The van der Waals surface area contributed by atoms with Gasteiger partial charge in [-0.2, -0.15) is 0 Å². The number of hydrogen-bond acceptors (Lipinski definition) is 12. The highest BCUT2D eigenvalue weighted by Crippen LogP contribution is 2.37. The van der Waals surface area contributed by atoms with Crippen molar-refractivity contribution >= 4 is 52.1 Å². The Labute approximate surface area is 346 Å². The van der Waals surface area contributed by atoms with E-state index in [2.05, 4.69) is 20.9 Å². The molecule has 17 heteroatoms. The van der Waals surface area contributed by atoms with Crippen molar-refractivity contribution < 1.29 is 43.3 Å². The maximum Gasteiger partial charge on any atom is 0.414 e. The number of carboxylic acid groups (broad SMARTS) is 1. The lowest BCUT2D eigenvalue weighted by Crippen LogP contribution is -2.54. The molecular weight excluding hydrogens is 775 g/mol. The molecule has 0 saturated carbocycles. The van der Waals surface area contributed by atoms with Crippen LogP contribution in [0, 0.1) is 0 Å². The molecule has 6 amide bonds. The van der Waals surface area contributed by atoms with Crippen LogP contribution in [0.25, 0.3) is 21.9 Å². The van der Waals surface area contributed by atoms with E-state index in [0.717, 1.165) is 64.0 Å². The average molecular weight is 824 g/mol. The Kier molecular flexibility index (Phi) is 13.9. The van der Waals surface area contributed by atoms with E-state index < -0.39 is 41.7 Å². The highest BCUT2D eigenvalue weighted by molar-refractivity contribution is 6.25. The molecule has 1 atom stereocenters. The molecule has 2 aromatic heterocycles. The molecule has 1 unspecified atom stereocenters. The fourth-order valence-electron chi connectivity index (χ4n) is 7.75. The molecule has 2 aliphatic heterocycles. The van der Waals surface area contributed by atoms with Gasteiger partial charge in [0.1, 0.15) is 17.5 Å². The number of aromatic nitrogens is 2. The third-order valence-corrected chi connectivity index (χ3v) is 10.9. The zero-order valence-corrected chi connectivity index (χ0v) is 33.9. The molecular formula is C43H49N7O10. The fourth-order valence-corrected chi connectivity index (χ4v) is 7.75. The predicted molar refractivity (Wildman–Crippen MR) is 221 cm³/mol. The van der Waals surface area contributed by atoms with Gasteiger partial charge in [0.25, 0.3) is 17.4 Å². The van der Waals surface area contributed by atoms with Gasteiger partial charge in [0.15, 0.2) is 0 Å². The lowest BCUT2D eigenvalue weighted by Gasteiger charge is -2.27. The summed E-state index contributed by atoms with van der Waals surface area (Å²) in [6, 6.07) is 9.45.